The predicted molar refractivity (Wildman–Crippen MR) is 72.3 cm³/mol. The van der Waals surface area contributed by atoms with Crippen LogP contribution in [0.5, 0.6) is 0 Å². The normalized spacial score (nSPS) is 10.4. The molecule has 0 spiro atoms. The molecule has 0 radical (unpaired) electrons. The molecule has 6 heteroatoms. The summed E-state index contributed by atoms with van der Waals surface area (Å²) >= 11 is 5.88. The Morgan fingerprint density at radius 1 is 1.43 bits per heavy atom. The highest BCUT2D eigenvalue weighted by atomic mass is 127. The van der Waals surface area contributed by atoms with Crippen molar-refractivity contribution in [3.8, 4) is 5.00 Å². The SMILES string of the molecule is O=Cc1ccc(-n2cnc(I)c2I)s1. The molecule has 0 aliphatic rings. The van der Waals surface area contributed by atoms with Crippen molar-refractivity contribution < 1.29 is 4.79 Å². The summed E-state index contributed by atoms with van der Waals surface area (Å²) < 4.78 is 4.02. The summed E-state index contributed by atoms with van der Waals surface area (Å²) in [5.74, 6) is 0. The molecule has 0 saturated heterocycles. The van der Waals surface area contributed by atoms with E-state index in [9.17, 15) is 4.79 Å². The molecule has 0 saturated carbocycles. The summed E-state index contributed by atoms with van der Waals surface area (Å²) in [5, 5.41) is 1.02. The van der Waals surface area contributed by atoms with Crippen LogP contribution in [0, 0.1) is 7.40 Å². The Kier molecular flexibility index (Phi) is 3.22. The number of carbonyl (C=O) groups is 1. The maximum absolute atomic E-state index is 10.5. The van der Waals surface area contributed by atoms with Crippen LogP contribution in [0.2, 0.25) is 0 Å². The minimum absolute atomic E-state index is 0.736. The van der Waals surface area contributed by atoms with E-state index in [0.29, 0.717) is 0 Å². The Labute approximate surface area is 112 Å². The predicted octanol–water partition coefficient (Wildman–Crippen LogP) is 2.96. The standard InChI is InChI=1S/C8H4I2N2OS/c9-7-8(10)12(4-11-7)6-2-1-5(3-13)14-6/h1-4H. The topological polar surface area (TPSA) is 34.9 Å². The zero-order valence-electron chi connectivity index (χ0n) is 6.78. The molecule has 14 heavy (non-hydrogen) atoms. The molecule has 0 aliphatic carbocycles. The second kappa shape index (κ2) is 4.27. The van der Waals surface area contributed by atoms with Crippen LogP contribution in [-0.2, 0) is 0 Å². The zero-order valence-corrected chi connectivity index (χ0v) is 11.9. The highest BCUT2D eigenvalue weighted by molar-refractivity contribution is 14.1. The van der Waals surface area contributed by atoms with Gasteiger partial charge >= 0.3 is 0 Å². The lowest BCUT2D eigenvalue weighted by Gasteiger charge is -1.97. The van der Waals surface area contributed by atoms with Crippen LogP contribution in [0.1, 0.15) is 9.67 Å². The van der Waals surface area contributed by atoms with Gasteiger partial charge in [0.15, 0.2) is 6.29 Å². The van der Waals surface area contributed by atoms with E-state index in [4.69, 9.17) is 0 Å². The molecular formula is C8H4I2N2OS. The van der Waals surface area contributed by atoms with Gasteiger partial charge in [0.1, 0.15) is 18.7 Å². The number of rotatable bonds is 2. The number of carbonyl (C=O) groups excluding carboxylic acids is 1. The Balaban J connectivity index is 2.49. The number of hydrogen-bond acceptors (Lipinski definition) is 3. The van der Waals surface area contributed by atoms with E-state index in [1.54, 1.807) is 6.33 Å². The van der Waals surface area contributed by atoms with E-state index in [2.05, 4.69) is 50.2 Å². The molecule has 0 aliphatic heterocycles. The van der Waals surface area contributed by atoms with E-state index in [1.165, 1.54) is 11.3 Å². The highest BCUT2D eigenvalue weighted by Crippen LogP contribution is 2.23. The van der Waals surface area contributed by atoms with Crippen molar-refractivity contribution in [1.29, 1.82) is 0 Å². The third-order valence-corrected chi connectivity index (χ3v) is 5.50. The number of nitrogens with zero attached hydrogens (tertiary/aromatic N) is 2. The average molecular weight is 430 g/mol. The lowest BCUT2D eigenvalue weighted by atomic mass is 10.5. The van der Waals surface area contributed by atoms with Crippen molar-refractivity contribution >= 4 is 62.8 Å². The number of imidazole rings is 1. The molecular weight excluding hydrogens is 426 g/mol. The van der Waals surface area contributed by atoms with Gasteiger partial charge in [-0.3, -0.25) is 9.36 Å². The number of thiophene rings is 1. The van der Waals surface area contributed by atoms with Crippen molar-refractivity contribution in [3.63, 3.8) is 0 Å². The van der Waals surface area contributed by atoms with Crippen molar-refractivity contribution in [2.75, 3.05) is 0 Å². The first-order chi connectivity index (χ1) is 6.72. The Hall–Kier alpha value is 0.0400. The van der Waals surface area contributed by atoms with E-state index in [0.717, 1.165) is 23.6 Å². The Morgan fingerprint density at radius 2 is 2.21 bits per heavy atom. The highest BCUT2D eigenvalue weighted by Gasteiger charge is 2.08. The lowest BCUT2D eigenvalue weighted by Crippen LogP contribution is -1.90. The second-order valence-electron chi connectivity index (χ2n) is 2.49. The maximum Gasteiger partial charge on any atom is 0.160 e. The summed E-state index contributed by atoms with van der Waals surface area (Å²) in [7, 11) is 0. The van der Waals surface area contributed by atoms with Gasteiger partial charge in [-0.05, 0) is 57.3 Å². The smallest absolute Gasteiger partial charge is 0.160 e. The summed E-state index contributed by atoms with van der Waals surface area (Å²) in [6.45, 7) is 0. The maximum atomic E-state index is 10.5. The fourth-order valence-corrected chi connectivity index (χ4v) is 2.87. The van der Waals surface area contributed by atoms with E-state index in [-0.39, 0.29) is 0 Å². The van der Waals surface area contributed by atoms with Crippen LogP contribution in [0.15, 0.2) is 18.5 Å². The fraction of sp³-hybridized carbons (Fsp3) is 0. The van der Waals surface area contributed by atoms with Crippen LogP contribution in [-0.4, -0.2) is 15.8 Å². The third-order valence-electron chi connectivity index (χ3n) is 1.63. The molecule has 0 atom stereocenters. The molecule has 2 aromatic rings. The summed E-state index contributed by atoms with van der Waals surface area (Å²) in [4.78, 5) is 15.4. The van der Waals surface area contributed by atoms with Crippen LogP contribution in [0.25, 0.3) is 5.00 Å². The molecule has 3 nitrogen and oxygen atoms in total. The number of halogens is 2. The first-order valence-electron chi connectivity index (χ1n) is 3.66. The lowest BCUT2D eigenvalue weighted by molar-refractivity contribution is 0.112. The summed E-state index contributed by atoms with van der Waals surface area (Å²) in [6.07, 6.45) is 2.63. The van der Waals surface area contributed by atoms with E-state index >= 15 is 0 Å². The van der Waals surface area contributed by atoms with Crippen LogP contribution in [0.4, 0.5) is 0 Å². The van der Waals surface area contributed by atoms with Crippen molar-refractivity contribution in [2.45, 2.75) is 0 Å². The average Bonchev–Trinajstić information content (AvgIpc) is 2.75. The molecule has 0 unspecified atom stereocenters. The minimum atomic E-state index is 0.736. The molecule has 2 rings (SSSR count). The molecule has 2 heterocycles. The van der Waals surface area contributed by atoms with Gasteiger partial charge in [0.05, 0.1) is 4.88 Å². The number of hydrogen-bond donors (Lipinski definition) is 0. The van der Waals surface area contributed by atoms with Crippen LogP contribution < -0.4 is 0 Å². The molecule has 0 aromatic carbocycles. The van der Waals surface area contributed by atoms with E-state index < -0.39 is 0 Å². The summed E-state index contributed by atoms with van der Waals surface area (Å²) in [6, 6.07) is 3.74. The van der Waals surface area contributed by atoms with Crippen molar-refractivity contribution in [2.24, 2.45) is 0 Å². The molecule has 0 fully saturated rings. The van der Waals surface area contributed by atoms with Gasteiger partial charge in [0.2, 0.25) is 0 Å². The zero-order chi connectivity index (χ0) is 10.1. The van der Waals surface area contributed by atoms with Crippen LogP contribution in [0.3, 0.4) is 0 Å². The molecule has 0 bridgehead atoms. The number of aldehydes is 1. The first-order valence-corrected chi connectivity index (χ1v) is 6.63. The Morgan fingerprint density at radius 3 is 2.71 bits per heavy atom. The van der Waals surface area contributed by atoms with Gasteiger partial charge in [0.25, 0.3) is 0 Å². The quantitative estimate of drug-likeness (QED) is 0.543. The van der Waals surface area contributed by atoms with Gasteiger partial charge < -0.3 is 0 Å². The monoisotopic (exact) mass is 430 g/mol. The van der Waals surface area contributed by atoms with Gasteiger partial charge in [-0.2, -0.15) is 0 Å². The molecule has 72 valence electrons. The van der Waals surface area contributed by atoms with Gasteiger partial charge in [-0.15, -0.1) is 11.3 Å². The molecule has 0 amide bonds. The third kappa shape index (κ3) is 1.87. The van der Waals surface area contributed by atoms with Crippen molar-refractivity contribution in [3.05, 3.63) is 30.7 Å². The minimum Gasteiger partial charge on any atom is -0.297 e. The number of aromatic nitrogens is 2. The molecule has 2 aromatic heterocycles. The largest absolute Gasteiger partial charge is 0.297 e. The summed E-state index contributed by atoms with van der Waals surface area (Å²) in [5.41, 5.74) is 0. The van der Waals surface area contributed by atoms with Crippen LogP contribution >= 0.6 is 56.5 Å². The second-order valence-corrected chi connectivity index (χ2v) is 5.63. The first kappa shape index (κ1) is 10.6. The fourth-order valence-electron chi connectivity index (χ4n) is 1.00. The van der Waals surface area contributed by atoms with Gasteiger partial charge in [0, 0.05) is 0 Å². The van der Waals surface area contributed by atoms with Crippen molar-refractivity contribution in [1.82, 2.24) is 9.55 Å². The Bertz CT molecular complexity index is 477. The van der Waals surface area contributed by atoms with Gasteiger partial charge in [-0.25, -0.2) is 4.98 Å². The van der Waals surface area contributed by atoms with Gasteiger partial charge in [-0.1, -0.05) is 0 Å². The molecule has 0 N–H and O–H groups in total. The van der Waals surface area contributed by atoms with E-state index in [1.807, 2.05) is 16.7 Å².